The van der Waals surface area contributed by atoms with Gasteiger partial charge in [-0.3, -0.25) is 14.6 Å². The van der Waals surface area contributed by atoms with E-state index in [1.165, 1.54) is 0 Å². The number of rotatable bonds is 2. The Morgan fingerprint density at radius 1 is 1.24 bits per heavy atom. The van der Waals surface area contributed by atoms with Gasteiger partial charge in [-0.2, -0.15) is 5.10 Å². The molecular weight excluding hydrogens is 348 g/mol. The molecule has 0 fully saturated rings. The zero-order valence-electron chi connectivity index (χ0n) is 11.6. The van der Waals surface area contributed by atoms with E-state index >= 15 is 0 Å². The summed E-state index contributed by atoms with van der Waals surface area (Å²) in [7, 11) is 0. The highest BCUT2D eigenvalue weighted by molar-refractivity contribution is 9.10. The Labute approximate surface area is 136 Å². The van der Waals surface area contributed by atoms with Gasteiger partial charge in [0.1, 0.15) is 0 Å². The molecule has 0 radical (unpaired) electrons. The first kappa shape index (κ1) is 14.2. The number of hydrogen-bond donors (Lipinski definition) is 1. The number of nitrogens with zero attached hydrogens (tertiary/aromatic N) is 3. The molecule has 3 rings (SSSR count). The number of nitrogens with one attached hydrogen (secondary N) is 1. The van der Waals surface area contributed by atoms with Gasteiger partial charge in [0.2, 0.25) is 0 Å². The maximum Gasteiger partial charge on any atom is 0.200 e. The van der Waals surface area contributed by atoms with Gasteiger partial charge in [0.25, 0.3) is 0 Å². The number of halogens is 1. The number of pyridine rings is 1. The van der Waals surface area contributed by atoms with Crippen LogP contribution in [0.1, 0.15) is 11.1 Å². The summed E-state index contributed by atoms with van der Waals surface area (Å²) in [5, 5.41) is 7.24. The Hall–Kier alpha value is -1.79. The number of aromatic nitrogens is 4. The Morgan fingerprint density at radius 3 is 2.57 bits per heavy atom. The molecule has 1 aromatic carbocycles. The molecule has 106 valence electrons. The topological polar surface area (TPSA) is 46.5 Å². The highest BCUT2D eigenvalue weighted by Crippen LogP contribution is 2.28. The molecule has 0 aliphatic carbocycles. The van der Waals surface area contributed by atoms with Crippen LogP contribution in [0.15, 0.2) is 41.1 Å². The molecule has 0 aliphatic heterocycles. The predicted molar refractivity (Wildman–Crippen MR) is 89.2 cm³/mol. The van der Waals surface area contributed by atoms with Crippen molar-refractivity contribution < 1.29 is 0 Å². The van der Waals surface area contributed by atoms with Crippen molar-refractivity contribution in [1.29, 1.82) is 0 Å². The van der Waals surface area contributed by atoms with Crippen LogP contribution in [0.25, 0.3) is 17.1 Å². The van der Waals surface area contributed by atoms with Crippen LogP contribution >= 0.6 is 28.1 Å². The third kappa shape index (κ3) is 2.56. The highest BCUT2D eigenvalue weighted by Gasteiger charge is 2.15. The zero-order chi connectivity index (χ0) is 15.0. The molecule has 0 atom stereocenters. The lowest BCUT2D eigenvalue weighted by Crippen LogP contribution is -2.03. The lowest BCUT2D eigenvalue weighted by Gasteiger charge is -2.13. The van der Waals surface area contributed by atoms with Gasteiger partial charge in [0, 0.05) is 22.4 Å². The van der Waals surface area contributed by atoms with Crippen molar-refractivity contribution in [3.63, 3.8) is 0 Å². The van der Waals surface area contributed by atoms with E-state index in [4.69, 9.17) is 12.2 Å². The first-order valence-electron chi connectivity index (χ1n) is 6.43. The zero-order valence-corrected chi connectivity index (χ0v) is 14.0. The largest absolute Gasteiger partial charge is 0.268 e. The minimum absolute atomic E-state index is 0.572. The maximum atomic E-state index is 5.42. The second-order valence-electron chi connectivity index (χ2n) is 4.82. The van der Waals surface area contributed by atoms with Gasteiger partial charge >= 0.3 is 0 Å². The minimum Gasteiger partial charge on any atom is -0.268 e. The van der Waals surface area contributed by atoms with E-state index < -0.39 is 0 Å². The van der Waals surface area contributed by atoms with E-state index in [1.807, 2.05) is 16.7 Å². The maximum absolute atomic E-state index is 5.42. The second-order valence-corrected chi connectivity index (χ2v) is 6.12. The SMILES string of the molecule is Cc1cc(Br)cc(C)c1-n1c(-c2cccnc2)n[nH]c1=S. The van der Waals surface area contributed by atoms with E-state index in [9.17, 15) is 0 Å². The van der Waals surface area contributed by atoms with E-state index in [0.717, 1.165) is 32.7 Å². The molecule has 1 N–H and O–H groups in total. The lowest BCUT2D eigenvalue weighted by molar-refractivity contribution is 1.00. The summed E-state index contributed by atoms with van der Waals surface area (Å²) in [6.45, 7) is 4.13. The van der Waals surface area contributed by atoms with Crippen LogP contribution in [0.3, 0.4) is 0 Å². The van der Waals surface area contributed by atoms with Gasteiger partial charge in [-0.1, -0.05) is 15.9 Å². The normalized spacial score (nSPS) is 10.8. The smallest absolute Gasteiger partial charge is 0.200 e. The number of aryl methyl sites for hydroxylation is 2. The van der Waals surface area contributed by atoms with Crippen molar-refractivity contribution in [2.45, 2.75) is 13.8 Å². The summed E-state index contributed by atoms with van der Waals surface area (Å²) in [6.07, 6.45) is 3.52. The van der Waals surface area contributed by atoms with Crippen LogP contribution in [0.2, 0.25) is 0 Å². The van der Waals surface area contributed by atoms with E-state index in [-0.39, 0.29) is 0 Å². The van der Waals surface area contributed by atoms with Crippen LogP contribution < -0.4 is 0 Å². The predicted octanol–water partition coefficient (Wildman–Crippen LogP) is 4.37. The van der Waals surface area contributed by atoms with Crippen molar-refractivity contribution in [2.75, 3.05) is 0 Å². The molecule has 2 heterocycles. The molecule has 21 heavy (non-hydrogen) atoms. The van der Waals surface area contributed by atoms with Gasteiger partial charge in [0.05, 0.1) is 5.69 Å². The fourth-order valence-corrected chi connectivity index (χ4v) is 3.36. The molecule has 0 saturated heterocycles. The standard InChI is InChI=1S/C15H13BrN4S/c1-9-6-12(16)7-10(2)13(9)20-14(18-19-15(20)21)11-4-3-5-17-8-11/h3-8H,1-2H3,(H,19,21). The third-order valence-corrected chi connectivity index (χ3v) is 4.00. The van der Waals surface area contributed by atoms with Crippen molar-refractivity contribution >= 4 is 28.1 Å². The van der Waals surface area contributed by atoms with E-state index in [0.29, 0.717) is 4.77 Å². The Bertz CT molecular complexity index is 829. The first-order chi connectivity index (χ1) is 10.1. The number of H-pyrrole nitrogens is 1. The molecular formula is C15H13BrN4S. The molecule has 0 spiro atoms. The van der Waals surface area contributed by atoms with Crippen molar-refractivity contribution in [3.05, 3.63) is 57.0 Å². The average Bonchev–Trinajstić information content (AvgIpc) is 2.81. The molecule has 3 aromatic rings. The molecule has 0 amide bonds. The summed E-state index contributed by atoms with van der Waals surface area (Å²) in [4.78, 5) is 4.16. The molecule has 0 aliphatic rings. The number of benzene rings is 1. The van der Waals surface area contributed by atoms with E-state index in [2.05, 4.69) is 57.1 Å². The monoisotopic (exact) mass is 360 g/mol. The van der Waals surface area contributed by atoms with Crippen LogP contribution in [-0.4, -0.2) is 19.7 Å². The first-order valence-corrected chi connectivity index (χ1v) is 7.63. The van der Waals surface area contributed by atoms with Crippen molar-refractivity contribution in [1.82, 2.24) is 19.7 Å². The quantitative estimate of drug-likeness (QED) is 0.690. The summed E-state index contributed by atoms with van der Waals surface area (Å²) < 4.78 is 3.59. The Kier molecular flexibility index (Phi) is 3.73. The van der Waals surface area contributed by atoms with Gasteiger partial charge in [-0.15, -0.1) is 0 Å². The summed E-state index contributed by atoms with van der Waals surface area (Å²) in [5.41, 5.74) is 4.23. The fraction of sp³-hybridized carbons (Fsp3) is 0.133. The molecule has 4 nitrogen and oxygen atoms in total. The number of hydrogen-bond acceptors (Lipinski definition) is 3. The van der Waals surface area contributed by atoms with Crippen LogP contribution in [0.4, 0.5) is 0 Å². The van der Waals surface area contributed by atoms with Crippen LogP contribution in [-0.2, 0) is 0 Å². The van der Waals surface area contributed by atoms with Crippen molar-refractivity contribution in [2.24, 2.45) is 0 Å². The summed E-state index contributed by atoms with van der Waals surface area (Å²) in [5.74, 6) is 0.765. The highest BCUT2D eigenvalue weighted by atomic mass is 79.9. The fourth-order valence-electron chi connectivity index (χ4n) is 2.45. The molecule has 0 bridgehead atoms. The van der Waals surface area contributed by atoms with Gasteiger partial charge in [-0.25, -0.2) is 0 Å². The lowest BCUT2D eigenvalue weighted by atomic mass is 10.1. The molecule has 2 aromatic heterocycles. The number of aromatic amines is 1. The Balaban J connectivity index is 2.30. The second kappa shape index (κ2) is 5.54. The van der Waals surface area contributed by atoms with Crippen molar-refractivity contribution in [3.8, 4) is 17.1 Å². The van der Waals surface area contributed by atoms with Crippen LogP contribution in [0, 0.1) is 18.6 Å². The third-order valence-electron chi connectivity index (χ3n) is 3.27. The van der Waals surface area contributed by atoms with Gasteiger partial charge in [-0.05, 0) is 61.5 Å². The van der Waals surface area contributed by atoms with Crippen LogP contribution in [0.5, 0.6) is 0 Å². The van der Waals surface area contributed by atoms with Gasteiger partial charge in [0.15, 0.2) is 10.6 Å². The molecule has 0 saturated carbocycles. The molecule has 0 unspecified atom stereocenters. The van der Waals surface area contributed by atoms with Gasteiger partial charge < -0.3 is 0 Å². The summed E-state index contributed by atoms with van der Waals surface area (Å²) in [6, 6.07) is 8.00. The van der Waals surface area contributed by atoms with E-state index in [1.54, 1.807) is 12.4 Å². The average molecular weight is 361 g/mol. The summed E-state index contributed by atoms with van der Waals surface area (Å²) >= 11 is 8.94. The minimum atomic E-state index is 0.572. The Morgan fingerprint density at radius 2 is 1.95 bits per heavy atom. The molecule has 6 heteroatoms.